The van der Waals surface area contributed by atoms with Gasteiger partial charge in [-0.3, -0.25) is 4.99 Å². The third kappa shape index (κ3) is 5.83. The predicted octanol–water partition coefficient (Wildman–Crippen LogP) is 3.60. The van der Waals surface area contributed by atoms with Gasteiger partial charge in [-0.1, -0.05) is 24.3 Å². The summed E-state index contributed by atoms with van der Waals surface area (Å²) in [6.45, 7) is 10.4. The fourth-order valence-corrected chi connectivity index (χ4v) is 4.34. The van der Waals surface area contributed by atoms with Crippen molar-refractivity contribution in [1.82, 2.24) is 10.2 Å². The van der Waals surface area contributed by atoms with E-state index in [1.807, 2.05) is 0 Å². The van der Waals surface area contributed by atoms with Gasteiger partial charge in [-0.2, -0.15) is 0 Å². The zero-order valence-corrected chi connectivity index (χ0v) is 19.9. The highest BCUT2D eigenvalue weighted by molar-refractivity contribution is 14.0. The SMILES string of the molecule is CCNC(=NCC1(c2ccccc2C)CCOCC1)N(C)CC1CCOC1.I. The van der Waals surface area contributed by atoms with Crippen LogP contribution in [0.2, 0.25) is 0 Å². The van der Waals surface area contributed by atoms with Gasteiger partial charge in [-0.15, -0.1) is 24.0 Å². The number of guanidine groups is 1. The van der Waals surface area contributed by atoms with Crippen LogP contribution in [0.5, 0.6) is 0 Å². The molecule has 28 heavy (non-hydrogen) atoms. The van der Waals surface area contributed by atoms with Crippen LogP contribution in [0.25, 0.3) is 0 Å². The van der Waals surface area contributed by atoms with Gasteiger partial charge in [0.25, 0.3) is 0 Å². The Labute approximate surface area is 187 Å². The highest BCUT2D eigenvalue weighted by Gasteiger charge is 2.35. The maximum Gasteiger partial charge on any atom is 0.193 e. The van der Waals surface area contributed by atoms with Crippen molar-refractivity contribution in [2.45, 2.75) is 38.5 Å². The topological polar surface area (TPSA) is 46.1 Å². The lowest BCUT2D eigenvalue weighted by molar-refractivity contribution is 0.0528. The molecule has 6 heteroatoms. The minimum Gasteiger partial charge on any atom is -0.381 e. The van der Waals surface area contributed by atoms with Crippen LogP contribution < -0.4 is 5.32 Å². The van der Waals surface area contributed by atoms with Crippen molar-refractivity contribution in [3.8, 4) is 0 Å². The van der Waals surface area contributed by atoms with E-state index in [2.05, 4.69) is 55.4 Å². The van der Waals surface area contributed by atoms with Crippen LogP contribution in [-0.2, 0) is 14.9 Å². The zero-order valence-electron chi connectivity index (χ0n) is 17.6. The molecule has 0 aliphatic carbocycles. The molecule has 0 spiro atoms. The first-order valence-electron chi connectivity index (χ1n) is 10.4. The Kier molecular flexibility index (Phi) is 9.50. The summed E-state index contributed by atoms with van der Waals surface area (Å²) in [7, 11) is 2.14. The molecular formula is C22H36IN3O2. The fraction of sp³-hybridized carbons (Fsp3) is 0.682. The number of nitrogens with zero attached hydrogens (tertiary/aromatic N) is 2. The first kappa shape index (κ1) is 23.4. The molecule has 1 unspecified atom stereocenters. The van der Waals surface area contributed by atoms with Crippen molar-refractivity contribution in [1.29, 1.82) is 0 Å². The summed E-state index contributed by atoms with van der Waals surface area (Å²) in [4.78, 5) is 7.38. The van der Waals surface area contributed by atoms with E-state index in [1.54, 1.807) is 0 Å². The maximum atomic E-state index is 5.69. The molecule has 5 nitrogen and oxygen atoms in total. The molecule has 2 aliphatic heterocycles. The first-order valence-corrected chi connectivity index (χ1v) is 10.4. The van der Waals surface area contributed by atoms with Gasteiger partial charge in [0.05, 0.1) is 13.2 Å². The van der Waals surface area contributed by atoms with Gasteiger partial charge in [0.1, 0.15) is 0 Å². The van der Waals surface area contributed by atoms with E-state index in [0.717, 1.165) is 71.3 Å². The number of nitrogens with one attached hydrogen (secondary N) is 1. The van der Waals surface area contributed by atoms with Gasteiger partial charge in [-0.25, -0.2) is 0 Å². The normalized spacial score (nSPS) is 21.8. The first-order chi connectivity index (χ1) is 13.1. The molecule has 3 rings (SSSR count). The van der Waals surface area contributed by atoms with E-state index in [1.165, 1.54) is 11.1 Å². The smallest absolute Gasteiger partial charge is 0.193 e. The van der Waals surface area contributed by atoms with Crippen molar-refractivity contribution in [2.24, 2.45) is 10.9 Å². The van der Waals surface area contributed by atoms with Crippen LogP contribution in [0.4, 0.5) is 0 Å². The van der Waals surface area contributed by atoms with Gasteiger partial charge in [0.15, 0.2) is 5.96 Å². The van der Waals surface area contributed by atoms with Gasteiger partial charge >= 0.3 is 0 Å². The molecule has 0 bridgehead atoms. The summed E-state index contributed by atoms with van der Waals surface area (Å²) < 4.78 is 11.2. The molecule has 2 heterocycles. The molecule has 1 atom stereocenters. The number of benzene rings is 1. The highest BCUT2D eigenvalue weighted by Crippen LogP contribution is 2.37. The fourth-order valence-electron chi connectivity index (χ4n) is 4.34. The Balaban J connectivity index is 0.00000280. The Bertz CT molecular complexity index is 626. The summed E-state index contributed by atoms with van der Waals surface area (Å²) in [5, 5.41) is 3.48. The van der Waals surface area contributed by atoms with Crippen LogP contribution in [0.1, 0.15) is 37.3 Å². The predicted molar refractivity (Wildman–Crippen MR) is 126 cm³/mol. The molecule has 2 saturated heterocycles. The summed E-state index contributed by atoms with van der Waals surface area (Å²) in [6, 6.07) is 8.77. The Morgan fingerprint density at radius 1 is 1.21 bits per heavy atom. The lowest BCUT2D eigenvalue weighted by Crippen LogP contribution is -2.43. The van der Waals surface area contributed by atoms with Gasteiger partial charge < -0.3 is 19.7 Å². The van der Waals surface area contributed by atoms with Crippen molar-refractivity contribution >= 4 is 29.9 Å². The van der Waals surface area contributed by atoms with Crippen LogP contribution in [0.15, 0.2) is 29.3 Å². The van der Waals surface area contributed by atoms with Gasteiger partial charge in [-0.05, 0) is 44.2 Å². The van der Waals surface area contributed by atoms with Crippen LogP contribution in [0, 0.1) is 12.8 Å². The second-order valence-electron chi connectivity index (χ2n) is 7.99. The number of aryl methyl sites for hydroxylation is 1. The van der Waals surface area contributed by atoms with E-state index in [9.17, 15) is 0 Å². The molecule has 0 aromatic heterocycles. The number of hydrogen-bond donors (Lipinski definition) is 1. The van der Waals surface area contributed by atoms with Crippen molar-refractivity contribution < 1.29 is 9.47 Å². The summed E-state index contributed by atoms with van der Waals surface area (Å²) in [6.07, 6.45) is 3.20. The monoisotopic (exact) mass is 501 g/mol. The van der Waals surface area contributed by atoms with E-state index in [-0.39, 0.29) is 29.4 Å². The zero-order chi connectivity index (χ0) is 19.1. The molecule has 1 aromatic carbocycles. The summed E-state index contributed by atoms with van der Waals surface area (Å²) in [5.74, 6) is 1.61. The lowest BCUT2D eigenvalue weighted by atomic mass is 9.72. The number of halogens is 1. The quantitative estimate of drug-likeness (QED) is 0.368. The van der Waals surface area contributed by atoms with E-state index >= 15 is 0 Å². The molecule has 158 valence electrons. The molecular weight excluding hydrogens is 465 g/mol. The molecule has 1 N–H and O–H groups in total. The Hall–Kier alpha value is -0.860. The van der Waals surface area contributed by atoms with E-state index in [0.29, 0.717) is 5.92 Å². The van der Waals surface area contributed by atoms with Crippen molar-refractivity contribution in [2.75, 3.05) is 53.1 Å². The minimum atomic E-state index is 0. The average molecular weight is 501 g/mol. The largest absolute Gasteiger partial charge is 0.381 e. The number of rotatable bonds is 6. The third-order valence-corrected chi connectivity index (χ3v) is 5.95. The second kappa shape index (κ2) is 11.4. The summed E-state index contributed by atoms with van der Waals surface area (Å²) in [5.41, 5.74) is 2.86. The minimum absolute atomic E-state index is 0. The van der Waals surface area contributed by atoms with E-state index < -0.39 is 0 Å². The molecule has 0 saturated carbocycles. The molecule has 0 amide bonds. The molecule has 2 aliphatic rings. The summed E-state index contributed by atoms with van der Waals surface area (Å²) >= 11 is 0. The highest BCUT2D eigenvalue weighted by atomic mass is 127. The van der Waals surface area contributed by atoms with E-state index in [4.69, 9.17) is 14.5 Å². The maximum absolute atomic E-state index is 5.69. The van der Waals surface area contributed by atoms with Crippen LogP contribution in [-0.4, -0.2) is 64.0 Å². The standard InChI is InChI=1S/C22H35N3O2.HI/c1-4-23-21(25(3)15-19-9-12-27-16-19)24-17-22(10-13-26-14-11-22)20-8-6-5-7-18(20)2;/h5-8,19H,4,9-17H2,1-3H3,(H,23,24);1H. The van der Waals surface area contributed by atoms with Crippen molar-refractivity contribution in [3.63, 3.8) is 0 Å². The second-order valence-corrected chi connectivity index (χ2v) is 7.99. The number of ether oxygens (including phenoxy) is 2. The van der Waals surface area contributed by atoms with Crippen LogP contribution in [0.3, 0.4) is 0 Å². The molecule has 2 fully saturated rings. The van der Waals surface area contributed by atoms with Gasteiger partial charge in [0, 0.05) is 51.3 Å². The molecule has 0 radical (unpaired) electrons. The van der Waals surface area contributed by atoms with Crippen molar-refractivity contribution in [3.05, 3.63) is 35.4 Å². The third-order valence-electron chi connectivity index (χ3n) is 5.95. The number of aliphatic imine (C=N–C) groups is 1. The average Bonchev–Trinajstić information content (AvgIpc) is 3.19. The Morgan fingerprint density at radius 2 is 1.96 bits per heavy atom. The Morgan fingerprint density at radius 3 is 2.61 bits per heavy atom. The molecule has 1 aromatic rings. The number of hydrogen-bond acceptors (Lipinski definition) is 3. The van der Waals surface area contributed by atoms with Crippen LogP contribution >= 0.6 is 24.0 Å². The van der Waals surface area contributed by atoms with Gasteiger partial charge in [0.2, 0.25) is 0 Å². The lowest BCUT2D eigenvalue weighted by Gasteiger charge is -2.38.